The van der Waals surface area contributed by atoms with Gasteiger partial charge in [-0.2, -0.15) is 0 Å². The molecule has 0 radical (unpaired) electrons. The second kappa shape index (κ2) is 14.7. The van der Waals surface area contributed by atoms with Crippen LogP contribution in [0.1, 0.15) is 76.4 Å². The van der Waals surface area contributed by atoms with Gasteiger partial charge in [0.1, 0.15) is 25.7 Å². The number of aryl methyl sites for hydroxylation is 3. The fourth-order valence-corrected chi connectivity index (χ4v) is 10.5. The van der Waals surface area contributed by atoms with Gasteiger partial charge in [0, 0.05) is 49.0 Å². The number of allylic oxidation sites excluding steroid dienone is 1. The number of carbonyl (C=O) groups is 2. The summed E-state index contributed by atoms with van der Waals surface area (Å²) < 4.78 is 33.7. The van der Waals surface area contributed by atoms with Crippen LogP contribution in [0.5, 0.6) is 5.75 Å². The highest BCUT2D eigenvalue weighted by molar-refractivity contribution is 7.92. The molecule has 0 unspecified atom stereocenters. The van der Waals surface area contributed by atoms with Crippen molar-refractivity contribution in [2.75, 3.05) is 37.5 Å². The van der Waals surface area contributed by atoms with E-state index < -0.39 is 21.7 Å². The van der Waals surface area contributed by atoms with Crippen LogP contribution in [0, 0.1) is 18.8 Å². The highest BCUT2D eigenvalue weighted by Crippen LogP contribution is 2.47. The van der Waals surface area contributed by atoms with Gasteiger partial charge >= 0.3 is 0 Å². The molecule has 4 aliphatic rings. The van der Waals surface area contributed by atoms with Crippen LogP contribution >= 0.6 is 22.9 Å². The standard InChI is InChI=1S/C37H44ClN5O5S2/c1-24-39-40-35(49-24)16-15-34(44)41-50(46)18-5-3-4-8-32(47-2)29-12-9-27(29)21-43-22-37(17-6-7-25-19-28(38)11-13-30(25)37)23-48-33-14-10-26(20-31(33)43)36(45)42-50/h4,8,10-11,13-14,19-20,27,29,32H,3,5-7,9,12,15-18,21-23H2,1-2H3,(H,41,42,44,45,46)/b8-4+/t27-,29+,32-,37-,50+/m0/s1. The van der Waals surface area contributed by atoms with Crippen LogP contribution in [0.15, 0.2) is 52.9 Å². The van der Waals surface area contributed by atoms with Crippen molar-refractivity contribution in [1.82, 2.24) is 14.9 Å². The number of aromatic nitrogens is 2. The second-order valence-corrected chi connectivity index (χ2v) is 17.8. The van der Waals surface area contributed by atoms with E-state index in [0.29, 0.717) is 49.0 Å². The van der Waals surface area contributed by atoms with Gasteiger partial charge in [-0.25, -0.2) is 4.21 Å². The van der Waals surface area contributed by atoms with E-state index in [1.807, 2.05) is 25.1 Å². The van der Waals surface area contributed by atoms with Gasteiger partial charge in [0.15, 0.2) is 0 Å². The van der Waals surface area contributed by atoms with E-state index in [2.05, 4.69) is 48.5 Å². The Morgan fingerprint density at radius 1 is 1.20 bits per heavy atom. The Hall–Kier alpha value is -3.32. The van der Waals surface area contributed by atoms with Crippen LogP contribution in [0.4, 0.5) is 5.69 Å². The molecule has 1 N–H and O–H groups in total. The molecule has 2 aromatic carbocycles. The van der Waals surface area contributed by atoms with E-state index in [-0.39, 0.29) is 23.7 Å². The molecule has 7 rings (SSSR count). The van der Waals surface area contributed by atoms with E-state index in [1.165, 1.54) is 22.5 Å². The maximum Gasteiger partial charge on any atom is 0.286 e. The first-order chi connectivity index (χ1) is 24.1. The molecule has 266 valence electrons. The molecule has 0 saturated heterocycles. The van der Waals surface area contributed by atoms with Crippen molar-refractivity contribution < 1.29 is 23.3 Å². The number of halogens is 1. The van der Waals surface area contributed by atoms with Gasteiger partial charge in [0.05, 0.1) is 24.2 Å². The van der Waals surface area contributed by atoms with Crippen LogP contribution in [0.25, 0.3) is 0 Å². The summed E-state index contributed by atoms with van der Waals surface area (Å²) in [6.45, 7) is 3.87. The third-order valence-electron chi connectivity index (χ3n) is 10.7. The number of fused-ring (bicyclic) bond motifs is 4. The normalized spacial score (nSPS) is 28.7. The van der Waals surface area contributed by atoms with E-state index >= 15 is 0 Å². The summed E-state index contributed by atoms with van der Waals surface area (Å²) in [4.78, 5) is 29.3. The Bertz CT molecular complexity index is 1920. The van der Waals surface area contributed by atoms with Gasteiger partial charge < -0.3 is 14.4 Å². The first-order valence-corrected chi connectivity index (χ1v) is 20.4. The van der Waals surface area contributed by atoms with E-state index in [9.17, 15) is 13.8 Å². The lowest BCUT2D eigenvalue weighted by atomic mass is 9.68. The van der Waals surface area contributed by atoms with Crippen molar-refractivity contribution in [2.24, 2.45) is 16.2 Å². The third kappa shape index (κ3) is 7.49. The number of anilines is 1. The largest absolute Gasteiger partial charge is 0.490 e. The fraction of sp³-hybridized carbons (Fsp3) is 0.514. The summed E-state index contributed by atoms with van der Waals surface area (Å²) in [6, 6.07) is 11.6. The molecule has 1 saturated carbocycles. The Labute approximate surface area is 303 Å². The van der Waals surface area contributed by atoms with Crippen LogP contribution in [0.2, 0.25) is 5.02 Å². The predicted molar refractivity (Wildman–Crippen MR) is 196 cm³/mol. The lowest BCUT2D eigenvalue weighted by Crippen LogP contribution is -2.49. The zero-order chi connectivity index (χ0) is 34.9. The average molecular weight is 738 g/mol. The number of nitrogens with zero attached hydrogens (tertiary/aromatic N) is 4. The van der Waals surface area contributed by atoms with Crippen molar-refractivity contribution in [3.63, 3.8) is 0 Å². The summed E-state index contributed by atoms with van der Waals surface area (Å²) in [7, 11) is -1.66. The SMILES string of the molecule is CO[C@H]1/C=C/CCC[S@@](=O)(NC(=O)CCc2nnc(C)s2)=NC(=O)c2ccc3c(c2)N(C[C@@H]2CC[C@H]21)C[C@@]1(CCCc2cc(Cl)ccc21)CO3. The molecule has 3 aromatic rings. The molecule has 2 bridgehead atoms. The summed E-state index contributed by atoms with van der Waals surface area (Å²) in [5, 5.41) is 10.4. The Morgan fingerprint density at radius 3 is 2.86 bits per heavy atom. The monoisotopic (exact) mass is 737 g/mol. The Balaban J connectivity index is 1.24. The molecule has 2 aliphatic carbocycles. The zero-order valence-corrected chi connectivity index (χ0v) is 31.0. The number of hydrogen-bond acceptors (Lipinski definition) is 9. The maximum absolute atomic E-state index is 14.2. The topological polar surface area (TPSA) is 123 Å². The van der Waals surface area contributed by atoms with Gasteiger partial charge in [-0.15, -0.1) is 25.9 Å². The Kier molecular flexibility index (Phi) is 10.3. The van der Waals surface area contributed by atoms with Crippen LogP contribution in [-0.4, -0.2) is 64.9 Å². The molecular weight excluding hydrogens is 694 g/mol. The average Bonchev–Trinajstić information content (AvgIpc) is 3.44. The van der Waals surface area contributed by atoms with Gasteiger partial charge in [-0.1, -0.05) is 29.8 Å². The van der Waals surface area contributed by atoms with Gasteiger partial charge in [-0.3, -0.25) is 14.3 Å². The first-order valence-electron chi connectivity index (χ1n) is 17.5. The minimum atomic E-state index is -3.42. The summed E-state index contributed by atoms with van der Waals surface area (Å²) in [6.07, 6.45) is 10.8. The van der Waals surface area contributed by atoms with Gasteiger partial charge in [0.25, 0.3) is 5.91 Å². The number of nitrogens with one attached hydrogen (secondary N) is 1. The smallest absolute Gasteiger partial charge is 0.286 e. The molecule has 2 amide bonds. The summed E-state index contributed by atoms with van der Waals surface area (Å²) in [5.41, 5.74) is 3.43. The number of rotatable bonds is 5. The molecule has 50 heavy (non-hydrogen) atoms. The molecule has 1 spiro atoms. The molecule has 13 heteroatoms. The summed E-state index contributed by atoms with van der Waals surface area (Å²) in [5.74, 6) is 0.434. The second-order valence-electron chi connectivity index (χ2n) is 14.0. The highest BCUT2D eigenvalue weighted by Gasteiger charge is 2.44. The number of ether oxygens (including phenoxy) is 2. The summed E-state index contributed by atoms with van der Waals surface area (Å²) >= 11 is 7.87. The number of carbonyl (C=O) groups excluding carboxylic acids is 2. The molecule has 10 nitrogen and oxygen atoms in total. The number of methoxy groups -OCH3 is 1. The van der Waals surface area contributed by atoms with Crippen molar-refractivity contribution in [1.29, 1.82) is 0 Å². The molecule has 1 fully saturated rings. The molecule has 2 aliphatic heterocycles. The quantitative estimate of drug-likeness (QED) is 0.290. The van der Waals surface area contributed by atoms with Gasteiger partial charge in [0.2, 0.25) is 5.91 Å². The predicted octanol–water partition coefficient (Wildman–Crippen LogP) is 6.64. The lowest BCUT2D eigenvalue weighted by molar-refractivity contribution is -0.119. The van der Waals surface area contributed by atoms with Crippen molar-refractivity contribution in [3.8, 4) is 5.75 Å². The van der Waals surface area contributed by atoms with Crippen molar-refractivity contribution in [3.05, 3.63) is 80.3 Å². The molecule has 3 heterocycles. The van der Waals surface area contributed by atoms with E-state index in [1.54, 1.807) is 13.2 Å². The maximum atomic E-state index is 14.2. The van der Waals surface area contributed by atoms with Crippen LogP contribution < -0.4 is 14.4 Å². The number of hydrogen-bond donors (Lipinski definition) is 1. The van der Waals surface area contributed by atoms with Crippen molar-refractivity contribution in [2.45, 2.75) is 76.2 Å². The fourth-order valence-electron chi connectivity index (χ4n) is 8.00. The van der Waals surface area contributed by atoms with Crippen molar-refractivity contribution >= 4 is 50.4 Å². The van der Waals surface area contributed by atoms with Crippen LogP contribution in [-0.2, 0) is 37.7 Å². The molecule has 1 aromatic heterocycles. The lowest BCUT2D eigenvalue weighted by Gasteiger charge is -2.46. The molecule has 5 atom stereocenters. The minimum Gasteiger partial charge on any atom is -0.490 e. The number of amides is 2. The Morgan fingerprint density at radius 2 is 2.08 bits per heavy atom. The minimum absolute atomic E-state index is 0.0403. The number of benzene rings is 2. The first kappa shape index (κ1) is 35.1. The van der Waals surface area contributed by atoms with E-state index in [4.69, 9.17) is 21.1 Å². The molecular formula is C37H44ClN5O5S2. The third-order valence-corrected chi connectivity index (χ3v) is 13.6. The van der Waals surface area contributed by atoms with Crippen LogP contribution in [0.3, 0.4) is 0 Å². The van der Waals surface area contributed by atoms with Gasteiger partial charge in [-0.05, 0) is 105 Å². The zero-order valence-electron chi connectivity index (χ0n) is 28.6. The van der Waals surface area contributed by atoms with E-state index in [0.717, 1.165) is 65.9 Å². The highest BCUT2D eigenvalue weighted by atomic mass is 35.5.